The van der Waals surface area contributed by atoms with Gasteiger partial charge in [-0.25, -0.2) is 17.6 Å². The van der Waals surface area contributed by atoms with E-state index in [0.29, 0.717) is 12.3 Å². The summed E-state index contributed by atoms with van der Waals surface area (Å²) in [6, 6.07) is 9.02. The molecule has 4 heteroatoms. The summed E-state index contributed by atoms with van der Waals surface area (Å²) in [7, 11) is 0. The molecule has 2 aromatic rings. The fourth-order valence-electron chi connectivity index (χ4n) is 4.51. The second-order valence-electron chi connectivity index (χ2n) is 8.41. The van der Waals surface area contributed by atoms with Gasteiger partial charge in [-0.15, -0.1) is 0 Å². The van der Waals surface area contributed by atoms with Crippen molar-refractivity contribution < 1.29 is 17.6 Å². The monoisotopic (exact) mass is 406 g/mol. The van der Waals surface area contributed by atoms with Crippen molar-refractivity contribution in [2.45, 2.75) is 77.0 Å². The van der Waals surface area contributed by atoms with Gasteiger partial charge in [0.25, 0.3) is 0 Å². The van der Waals surface area contributed by atoms with E-state index >= 15 is 0 Å². The second kappa shape index (κ2) is 10.3. The lowest BCUT2D eigenvalue weighted by Gasteiger charge is -2.29. The molecule has 1 aliphatic carbocycles. The zero-order valence-electron chi connectivity index (χ0n) is 17.1. The maximum Gasteiger partial charge on any atom is 0.197 e. The van der Waals surface area contributed by atoms with Crippen molar-refractivity contribution >= 4 is 0 Å². The number of hydrogen-bond acceptors (Lipinski definition) is 0. The lowest BCUT2D eigenvalue weighted by molar-refractivity contribution is 0.303. The Morgan fingerprint density at radius 2 is 1.48 bits per heavy atom. The number of unbranched alkanes of at least 4 members (excludes halogenated alkanes) is 2. The Balaban J connectivity index is 1.52. The van der Waals surface area contributed by atoms with E-state index in [9.17, 15) is 17.6 Å². The Morgan fingerprint density at radius 1 is 0.793 bits per heavy atom. The molecule has 3 rings (SSSR count). The van der Waals surface area contributed by atoms with Crippen molar-refractivity contribution in [1.29, 1.82) is 0 Å². The summed E-state index contributed by atoms with van der Waals surface area (Å²) in [6.07, 6.45) is 11.0. The fraction of sp³-hybridized carbons (Fsp3) is 0.520. The number of halogens is 4. The summed E-state index contributed by atoms with van der Waals surface area (Å²) < 4.78 is 53.6. The zero-order valence-corrected chi connectivity index (χ0v) is 17.1. The van der Waals surface area contributed by atoms with Gasteiger partial charge in [-0.05, 0) is 73.1 Å². The predicted octanol–water partition coefficient (Wildman–Crippen LogP) is 7.88. The molecule has 0 aliphatic heterocycles. The third kappa shape index (κ3) is 5.61. The van der Waals surface area contributed by atoms with Crippen LogP contribution in [0.5, 0.6) is 0 Å². The van der Waals surface area contributed by atoms with Gasteiger partial charge in [0.15, 0.2) is 23.3 Å². The molecule has 1 aliphatic rings. The van der Waals surface area contributed by atoms with Gasteiger partial charge in [0, 0.05) is 0 Å². The van der Waals surface area contributed by atoms with Gasteiger partial charge < -0.3 is 0 Å². The van der Waals surface area contributed by atoms with Crippen LogP contribution >= 0.6 is 0 Å². The molecule has 0 radical (unpaired) electrons. The highest BCUT2D eigenvalue weighted by atomic mass is 19.2. The predicted molar refractivity (Wildman–Crippen MR) is 109 cm³/mol. The first kappa shape index (κ1) is 21.9. The van der Waals surface area contributed by atoms with Crippen LogP contribution in [0.3, 0.4) is 0 Å². The van der Waals surface area contributed by atoms with Crippen LogP contribution in [0.25, 0.3) is 0 Å². The van der Waals surface area contributed by atoms with Gasteiger partial charge >= 0.3 is 0 Å². The van der Waals surface area contributed by atoms with Crippen LogP contribution in [0, 0.1) is 29.2 Å². The van der Waals surface area contributed by atoms with Gasteiger partial charge in [0.2, 0.25) is 0 Å². The van der Waals surface area contributed by atoms with E-state index in [1.165, 1.54) is 56.9 Å². The van der Waals surface area contributed by atoms with Crippen LogP contribution < -0.4 is 0 Å². The first-order chi connectivity index (χ1) is 14.0. The van der Waals surface area contributed by atoms with Crippen LogP contribution in [-0.2, 0) is 12.8 Å². The maximum absolute atomic E-state index is 13.8. The molecule has 0 saturated heterocycles. The minimum absolute atomic E-state index is 0.127. The van der Waals surface area contributed by atoms with Crippen LogP contribution in [-0.4, -0.2) is 0 Å². The summed E-state index contributed by atoms with van der Waals surface area (Å²) in [4.78, 5) is 0. The van der Waals surface area contributed by atoms with Crippen molar-refractivity contribution in [3.05, 3.63) is 70.3 Å². The maximum atomic E-state index is 13.8. The van der Waals surface area contributed by atoms with E-state index in [0.717, 1.165) is 17.5 Å². The molecule has 0 unspecified atom stereocenters. The third-order valence-corrected chi connectivity index (χ3v) is 6.37. The minimum atomic E-state index is -1.75. The van der Waals surface area contributed by atoms with Gasteiger partial charge in [-0.1, -0.05) is 56.9 Å². The first-order valence-electron chi connectivity index (χ1n) is 10.9. The smallest absolute Gasteiger partial charge is 0.197 e. The second-order valence-corrected chi connectivity index (χ2v) is 8.41. The van der Waals surface area contributed by atoms with E-state index in [-0.39, 0.29) is 12.0 Å². The van der Waals surface area contributed by atoms with Gasteiger partial charge in [0.1, 0.15) is 0 Å². The van der Waals surface area contributed by atoms with Crippen molar-refractivity contribution in [3.8, 4) is 0 Å². The third-order valence-electron chi connectivity index (χ3n) is 6.37. The summed E-state index contributed by atoms with van der Waals surface area (Å²) in [5.41, 5.74) is 2.18. The van der Waals surface area contributed by atoms with Crippen LogP contribution in [0.1, 0.15) is 80.9 Å². The molecule has 2 aromatic carbocycles. The lowest BCUT2D eigenvalue weighted by Crippen LogP contribution is -2.13. The van der Waals surface area contributed by atoms with Crippen molar-refractivity contribution in [2.24, 2.45) is 5.92 Å². The average molecular weight is 407 g/mol. The molecule has 0 amide bonds. The summed E-state index contributed by atoms with van der Waals surface area (Å²) >= 11 is 0. The van der Waals surface area contributed by atoms with Crippen molar-refractivity contribution in [1.82, 2.24) is 0 Å². The molecule has 0 N–H and O–H groups in total. The normalized spacial score (nSPS) is 19.5. The Labute approximate surface area is 171 Å². The quantitative estimate of drug-likeness (QED) is 0.181. The van der Waals surface area contributed by atoms with E-state index in [1.807, 2.05) is 12.1 Å². The van der Waals surface area contributed by atoms with Crippen LogP contribution in [0.4, 0.5) is 17.6 Å². The first-order valence-corrected chi connectivity index (χ1v) is 10.9. The summed E-state index contributed by atoms with van der Waals surface area (Å²) in [6.45, 7) is 2.24. The largest absolute Gasteiger partial charge is 0.204 e. The molecule has 1 saturated carbocycles. The number of aryl methyl sites for hydroxylation is 2. The van der Waals surface area contributed by atoms with E-state index in [2.05, 4.69) is 19.1 Å². The summed E-state index contributed by atoms with van der Waals surface area (Å²) in [5, 5.41) is 0. The van der Waals surface area contributed by atoms with Crippen LogP contribution in [0.15, 0.2) is 30.3 Å². The van der Waals surface area contributed by atoms with Crippen molar-refractivity contribution in [2.75, 3.05) is 0 Å². The molecule has 1 fully saturated rings. The molecule has 0 nitrogen and oxygen atoms in total. The van der Waals surface area contributed by atoms with Gasteiger partial charge in [0.05, 0.1) is 0 Å². The molecule has 0 heterocycles. The highest BCUT2D eigenvalue weighted by Crippen LogP contribution is 2.37. The standard InChI is InChI=1S/C25H30F4/c1-2-3-4-5-17-6-11-19(12-7-17)20-13-8-18(9-14-20)10-15-21-16-22(26)24(28)25(29)23(21)27/h8-9,13-14,16-17,19H,2-7,10-12,15H2,1H3/t17-,19-. The Hall–Kier alpha value is -1.84. The summed E-state index contributed by atoms with van der Waals surface area (Å²) in [5.74, 6) is -4.65. The minimum Gasteiger partial charge on any atom is -0.204 e. The van der Waals surface area contributed by atoms with Gasteiger partial charge in [-0.3, -0.25) is 0 Å². The molecular weight excluding hydrogens is 376 g/mol. The van der Waals surface area contributed by atoms with E-state index in [1.54, 1.807) is 0 Å². The fourth-order valence-corrected chi connectivity index (χ4v) is 4.51. The molecular formula is C25H30F4. The van der Waals surface area contributed by atoms with E-state index < -0.39 is 23.3 Å². The average Bonchev–Trinajstić information content (AvgIpc) is 2.75. The van der Waals surface area contributed by atoms with E-state index in [4.69, 9.17) is 0 Å². The molecule has 0 spiro atoms. The molecule has 0 atom stereocenters. The number of rotatable bonds is 8. The molecule has 0 bridgehead atoms. The van der Waals surface area contributed by atoms with Crippen LogP contribution in [0.2, 0.25) is 0 Å². The Kier molecular flexibility index (Phi) is 7.74. The number of benzene rings is 2. The highest BCUT2D eigenvalue weighted by molar-refractivity contribution is 5.28. The SMILES string of the molecule is CCCCC[C@H]1CC[C@H](c2ccc(CCc3cc(F)c(F)c(F)c3F)cc2)CC1. The zero-order chi connectivity index (χ0) is 20.8. The highest BCUT2D eigenvalue weighted by Gasteiger charge is 2.22. The topological polar surface area (TPSA) is 0 Å². The Morgan fingerprint density at radius 3 is 2.14 bits per heavy atom. The van der Waals surface area contributed by atoms with Gasteiger partial charge in [-0.2, -0.15) is 0 Å². The van der Waals surface area contributed by atoms with Crippen molar-refractivity contribution in [3.63, 3.8) is 0 Å². The Bertz CT molecular complexity index is 789. The molecule has 0 aromatic heterocycles. The lowest BCUT2D eigenvalue weighted by atomic mass is 9.77. The molecule has 29 heavy (non-hydrogen) atoms. The molecule has 158 valence electrons. The number of hydrogen-bond donors (Lipinski definition) is 0.